The minimum atomic E-state index is -0.302. The molecule has 9 heteroatoms. The molecule has 0 radical (unpaired) electrons. The predicted molar refractivity (Wildman–Crippen MR) is 139 cm³/mol. The molecule has 1 N–H and O–H groups in total. The van der Waals surface area contributed by atoms with Crippen LogP contribution in [0.2, 0.25) is 0 Å². The Morgan fingerprint density at radius 1 is 0.917 bits per heavy atom. The maximum atomic E-state index is 13.0. The highest BCUT2D eigenvalue weighted by atomic mass is 32.2. The van der Waals surface area contributed by atoms with Crippen molar-refractivity contribution in [3.8, 4) is 22.9 Å². The van der Waals surface area contributed by atoms with Crippen LogP contribution < -0.4 is 19.5 Å². The molecule has 0 spiro atoms. The normalized spacial score (nSPS) is 10.6. The Balaban J connectivity index is 1.56. The molecule has 0 atom stereocenters. The Labute approximate surface area is 214 Å². The number of carbonyl (C=O) groups excluding carboxylic acids is 1. The molecule has 1 heterocycles. The zero-order chi connectivity index (χ0) is 25.3. The summed E-state index contributed by atoms with van der Waals surface area (Å²) in [6.45, 7) is 0.169. The van der Waals surface area contributed by atoms with Gasteiger partial charge in [0.2, 0.25) is 0 Å². The molecule has 0 aliphatic carbocycles. The number of carbonyl (C=O) groups is 1. The van der Waals surface area contributed by atoms with Gasteiger partial charge in [-0.3, -0.25) is 9.36 Å². The van der Waals surface area contributed by atoms with E-state index in [1.54, 1.807) is 37.1 Å². The Bertz CT molecular complexity index is 1310. The van der Waals surface area contributed by atoms with Crippen molar-refractivity contribution >= 4 is 17.7 Å². The number of hydrogen-bond donors (Lipinski definition) is 1. The van der Waals surface area contributed by atoms with E-state index < -0.39 is 0 Å². The van der Waals surface area contributed by atoms with E-state index in [4.69, 9.17) is 14.2 Å². The second-order valence-corrected chi connectivity index (χ2v) is 8.81. The number of aryl methyl sites for hydroxylation is 1. The Morgan fingerprint density at radius 3 is 2.47 bits per heavy atom. The van der Waals surface area contributed by atoms with Crippen LogP contribution in [-0.2, 0) is 13.0 Å². The SMILES string of the molecule is COc1cccc(-n2c(CNC(=O)c3cccc(OC)c3OC)nnc2SCCc2ccccc2)c1. The molecule has 1 amide bonds. The Kier molecular flexibility index (Phi) is 8.46. The summed E-state index contributed by atoms with van der Waals surface area (Å²) in [6.07, 6.45) is 0.901. The molecule has 3 aromatic carbocycles. The van der Waals surface area contributed by atoms with Crippen LogP contribution in [0.15, 0.2) is 78.0 Å². The number of nitrogens with zero attached hydrogens (tertiary/aromatic N) is 3. The molecule has 0 bridgehead atoms. The summed E-state index contributed by atoms with van der Waals surface area (Å²) in [6, 6.07) is 23.2. The van der Waals surface area contributed by atoms with Crippen LogP contribution in [0.4, 0.5) is 0 Å². The highest BCUT2D eigenvalue weighted by molar-refractivity contribution is 7.99. The first-order valence-electron chi connectivity index (χ1n) is 11.4. The number of methoxy groups -OCH3 is 3. The molecule has 0 fully saturated rings. The highest BCUT2D eigenvalue weighted by Gasteiger charge is 2.19. The van der Waals surface area contributed by atoms with E-state index in [2.05, 4.69) is 27.6 Å². The molecule has 4 rings (SSSR count). The van der Waals surface area contributed by atoms with Crippen molar-refractivity contribution in [2.45, 2.75) is 18.1 Å². The minimum absolute atomic E-state index is 0.169. The molecular weight excluding hydrogens is 476 g/mol. The molecule has 8 nitrogen and oxygen atoms in total. The number of benzene rings is 3. The van der Waals surface area contributed by atoms with Gasteiger partial charge in [-0.1, -0.05) is 54.2 Å². The monoisotopic (exact) mass is 504 g/mol. The Hall–Kier alpha value is -3.98. The number of aromatic nitrogens is 3. The van der Waals surface area contributed by atoms with Crippen molar-refractivity contribution in [3.05, 3.63) is 89.7 Å². The van der Waals surface area contributed by atoms with Crippen LogP contribution in [0.1, 0.15) is 21.7 Å². The first-order chi connectivity index (χ1) is 17.6. The van der Waals surface area contributed by atoms with Crippen LogP contribution in [0.3, 0.4) is 0 Å². The lowest BCUT2D eigenvalue weighted by atomic mass is 10.1. The van der Waals surface area contributed by atoms with Crippen molar-refractivity contribution in [1.29, 1.82) is 0 Å². The number of para-hydroxylation sites is 1. The molecule has 1 aromatic heterocycles. The van der Waals surface area contributed by atoms with E-state index >= 15 is 0 Å². The second-order valence-electron chi connectivity index (χ2n) is 7.74. The molecule has 0 saturated carbocycles. The van der Waals surface area contributed by atoms with Crippen molar-refractivity contribution < 1.29 is 19.0 Å². The van der Waals surface area contributed by atoms with Gasteiger partial charge in [0.15, 0.2) is 22.5 Å². The second kappa shape index (κ2) is 12.1. The molecule has 186 valence electrons. The van der Waals surface area contributed by atoms with Crippen LogP contribution in [0, 0.1) is 0 Å². The van der Waals surface area contributed by atoms with Crippen molar-refractivity contribution in [2.24, 2.45) is 0 Å². The van der Waals surface area contributed by atoms with Gasteiger partial charge in [-0.2, -0.15) is 0 Å². The average molecular weight is 505 g/mol. The third-order valence-electron chi connectivity index (χ3n) is 5.53. The Morgan fingerprint density at radius 2 is 1.72 bits per heavy atom. The smallest absolute Gasteiger partial charge is 0.255 e. The largest absolute Gasteiger partial charge is 0.497 e. The maximum Gasteiger partial charge on any atom is 0.255 e. The first-order valence-corrected chi connectivity index (χ1v) is 12.4. The van der Waals surface area contributed by atoms with E-state index in [1.165, 1.54) is 19.8 Å². The number of nitrogens with one attached hydrogen (secondary N) is 1. The van der Waals surface area contributed by atoms with Gasteiger partial charge in [-0.25, -0.2) is 0 Å². The zero-order valence-electron chi connectivity index (χ0n) is 20.4. The van der Waals surface area contributed by atoms with Crippen LogP contribution in [-0.4, -0.2) is 47.8 Å². The summed E-state index contributed by atoms with van der Waals surface area (Å²) in [4.78, 5) is 13.0. The molecule has 36 heavy (non-hydrogen) atoms. The van der Waals surface area contributed by atoms with Gasteiger partial charge < -0.3 is 19.5 Å². The fourth-order valence-corrected chi connectivity index (χ4v) is 4.70. The van der Waals surface area contributed by atoms with E-state index in [0.29, 0.717) is 22.9 Å². The van der Waals surface area contributed by atoms with Gasteiger partial charge in [0, 0.05) is 11.8 Å². The summed E-state index contributed by atoms with van der Waals surface area (Å²) in [7, 11) is 4.67. The highest BCUT2D eigenvalue weighted by Crippen LogP contribution is 2.31. The summed E-state index contributed by atoms with van der Waals surface area (Å²) in [5.41, 5.74) is 2.49. The summed E-state index contributed by atoms with van der Waals surface area (Å²) in [5.74, 6) is 2.72. The molecule has 4 aromatic rings. The lowest BCUT2D eigenvalue weighted by molar-refractivity contribution is 0.0946. The van der Waals surface area contributed by atoms with E-state index in [-0.39, 0.29) is 12.5 Å². The van der Waals surface area contributed by atoms with Crippen molar-refractivity contribution in [2.75, 3.05) is 27.1 Å². The van der Waals surface area contributed by atoms with Gasteiger partial charge in [0.05, 0.1) is 39.1 Å². The van der Waals surface area contributed by atoms with E-state index in [9.17, 15) is 4.79 Å². The van der Waals surface area contributed by atoms with Gasteiger partial charge in [0.1, 0.15) is 5.75 Å². The number of rotatable bonds is 11. The van der Waals surface area contributed by atoms with Crippen LogP contribution in [0.5, 0.6) is 17.2 Å². The topological polar surface area (TPSA) is 87.5 Å². The quantitative estimate of drug-likeness (QED) is 0.300. The van der Waals surface area contributed by atoms with Crippen molar-refractivity contribution in [1.82, 2.24) is 20.1 Å². The summed E-state index contributed by atoms with van der Waals surface area (Å²) < 4.78 is 18.1. The average Bonchev–Trinajstić information content (AvgIpc) is 3.34. The fourth-order valence-electron chi connectivity index (χ4n) is 3.74. The number of thioether (sulfide) groups is 1. The number of amides is 1. The van der Waals surface area contributed by atoms with E-state index in [0.717, 1.165) is 28.8 Å². The van der Waals surface area contributed by atoms with Gasteiger partial charge in [-0.05, 0) is 36.2 Å². The standard InChI is InChI=1S/C27H28N4O4S/c1-33-21-12-7-11-20(17-21)31-24(29-30-27(31)36-16-15-19-9-5-4-6-10-19)18-28-26(32)22-13-8-14-23(34-2)25(22)35-3/h4-14,17H,15-16,18H2,1-3H3,(H,28,32). The van der Waals surface area contributed by atoms with Crippen molar-refractivity contribution in [3.63, 3.8) is 0 Å². The van der Waals surface area contributed by atoms with Crippen LogP contribution in [0.25, 0.3) is 5.69 Å². The molecule has 0 aliphatic rings. The minimum Gasteiger partial charge on any atom is -0.497 e. The third-order valence-corrected chi connectivity index (χ3v) is 6.46. The molecular formula is C27H28N4O4S. The predicted octanol–water partition coefficient (Wildman–Crippen LogP) is 4.56. The van der Waals surface area contributed by atoms with Crippen LogP contribution >= 0.6 is 11.8 Å². The van der Waals surface area contributed by atoms with Gasteiger partial charge in [-0.15, -0.1) is 10.2 Å². The summed E-state index contributed by atoms with van der Waals surface area (Å²) in [5, 5.41) is 12.5. The van der Waals surface area contributed by atoms with Gasteiger partial charge in [0.25, 0.3) is 5.91 Å². The lowest BCUT2D eigenvalue weighted by Crippen LogP contribution is -2.25. The third kappa shape index (κ3) is 5.80. The van der Waals surface area contributed by atoms with Gasteiger partial charge >= 0.3 is 0 Å². The molecule has 0 saturated heterocycles. The van der Waals surface area contributed by atoms with E-state index in [1.807, 2.05) is 47.0 Å². The summed E-state index contributed by atoms with van der Waals surface area (Å²) >= 11 is 1.61. The fraction of sp³-hybridized carbons (Fsp3) is 0.222. The number of hydrogen-bond acceptors (Lipinski definition) is 7. The molecule has 0 unspecified atom stereocenters. The lowest BCUT2D eigenvalue weighted by Gasteiger charge is -2.14. The molecule has 0 aliphatic heterocycles. The maximum absolute atomic E-state index is 13.0. The first kappa shape index (κ1) is 25.1. The zero-order valence-corrected chi connectivity index (χ0v) is 21.2. The number of ether oxygens (including phenoxy) is 3.